The van der Waals surface area contributed by atoms with Gasteiger partial charge >= 0.3 is 0 Å². The molecule has 0 bridgehead atoms. The number of nitrogens with one attached hydrogen (secondary N) is 2. The van der Waals surface area contributed by atoms with Crippen molar-refractivity contribution in [3.63, 3.8) is 0 Å². The first kappa shape index (κ1) is 20.3. The molecule has 2 N–H and O–H groups in total. The van der Waals surface area contributed by atoms with E-state index in [-0.39, 0.29) is 4.90 Å². The number of benzene rings is 2. The Hall–Kier alpha value is -1.42. The molecule has 1 fully saturated rings. The zero-order valence-corrected chi connectivity index (χ0v) is 17.3. The molecule has 0 atom stereocenters. The molecule has 1 aliphatic rings. The second-order valence-corrected chi connectivity index (χ2v) is 8.91. The van der Waals surface area contributed by atoms with E-state index in [1.54, 1.807) is 42.5 Å². The third-order valence-electron chi connectivity index (χ3n) is 3.88. The molecule has 0 spiro atoms. The first-order chi connectivity index (χ1) is 12.9. The van der Waals surface area contributed by atoms with Crippen molar-refractivity contribution in [2.75, 3.05) is 36.9 Å². The van der Waals surface area contributed by atoms with Gasteiger partial charge in [-0.25, -0.2) is 8.42 Å². The number of nitrogens with zero attached hydrogens (tertiary/aromatic N) is 1. The van der Waals surface area contributed by atoms with Crippen molar-refractivity contribution in [3.05, 3.63) is 52.5 Å². The summed E-state index contributed by atoms with van der Waals surface area (Å²) in [6.45, 7) is 1.48. The van der Waals surface area contributed by atoms with Crippen molar-refractivity contribution in [1.82, 2.24) is 4.31 Å². The summed E-state index contributed by atoms with van der Waals surface area (Å²) >= 11 is 17.2. The maximum Gasteiger partial charge on any atom is 0.243 e. The number of halogens is 2. The second kappa shape index (κ2) is 8.72. The molecule has 144 valence electrons. The Morgan fingerprint density at radius 2 is 1.67 bits per heavy atom. The van der Waals surface area contributed by atoms with Crippen molar-refractivity contribution in [1.29, 1.82) is 0 Å². The Morgan fingerprint density at radius 1 is 1.00 bits per heavy atom. The highest BCUT2D eigenvalue weighted by molar-refractivity contribution is 7.89. The molecule has 1 aliphatic heterocycles. The third-order valence-corrected chi connectivity index (χ3v) is 6.71. The molecule has 0 unspecified atom stereocenters. The molecular weight excluding hydrogens is 429 g/mol. The minimum atomic E-state index is -3.57. The summed E-state index contributed by atoms with van der Waals surface area (Å²) in [7, 11) is -3.57. The Morgan fingerprint density at radius 3 is 2.33 bits per heavy atom. The molecule has 0 aliphatic carbocycles. The smallest absolute Gasteiger partial charge is 0.243 e. The first-order valence-electron chi connectivity index (χ1n) is 8.07. The lowest BCUT2D eigenvalue weighted by Crippen LogP contribution is -2.40. The molecule has 1 heterocycles. The highest BCUT2D eigenvalue weighted by Gasteiger charge is 2.26. The van der Waals surface area contributed by atoms with E-state index in [1.807, 2.05) is 0 Å². The van der Waals surface area contributed by atoms with E-state index in [0.717, 1.165) is 0 Å². The lowest BCUT2D eigenvalue weighted by atomic mass is 10.3. The fourth-order valence-corrected chi connectivity index (χ4v) is 4.53. The average molecular weight is 446 g/mol. The maximum atomic E-state index is 12.8. The van der Waals surface area contributed by atoms with Gasteiger partial charge in [0.25, 0.3) is 0 Å². The Bertz CT molecular complexity index is 948. The van der Waals surface area contributed by atoms with Gasteiger partial charge in [-0.05, 0) is 48.6 Å². The van der Waals surface area contributed by atoms with Crippen LogP contribution in [0.15, 0.2) is 47.4 Å². The fourth-order valence-electron chi connectivity index (χ4n) is 2.54. The number of ether oxygens (including phenoxy) is 1. The number of thiocarbonyl (C=S) groups is 1. The van der Waals surface area contributed by atoms with Gasteiger partial charge in [0.1, 0.15) is 0 Å². The molecule has 1 saturated heterocycles. The van der Waals surface area contributed by atoms with Crippen LogP contribution in [-0.2, 0) is 14.8 Å². The molecule has 3 rings (SSSR count). The van der Waals surface area contributed by atoms with Crippen LogP contribution < -0.4 is 10.6 Å². The van der Waals surface area contributed by atoms with Gasteiger partial charge in [-0.3, -0.25) is 0 Å². The molecule has 0 saturated carbocycles. The largest absolute Gasteiger partial charge is 0.379 e. The monoisotopic (exact) mass is 445 g/mol. The molecule has 2 aromatic carbocycles. The van der Waals surface area contributed by atoms with E-state index >= 15 is 0 Å². The quantitative estimate of drug-likeness (QED) is 0.696. The molecular formula is C17H17Cl2N3O3S2. The predicted octanol–water partition coefficient (Wildman–Crippen LogP) is 3.82. The number of anilines is 2. The predicted molar refractivity (Wildman–Crippen MR) is 112 cm³/mol. The van der Waals surface area contributed by atoms with E-state index in [2.05, 4.69) is 10.6 Å². The minimum Gasteiger partial charge on any atom is -0.379 e. The molecule has 0 radical (unpaired) electrons. The number of sulfonamides is 1. The second-order valence-electron chi connectivity index (χ2n) is 5.75. The summed E-state index contributed by atoms with van der Waals surface area (Å²) in [6, 6.07) is 11.6. The van der Waals surface area contributed by atoms with Crippen LogP contribution in [0.1, 0.15) is 0 Å². The molecule has 10 heteroatoms. The fraction of sp³-hybridized carbons (Fsp3) is 0.235. The molecule has 6 nitrogen and oxygen atoms in total. The molecule has 2 aromatic rings. The highest BCUT2D eigenvalue weighted by Crippen LogP contribution is 2.25. The van der Waals surface area contributed by atoms with Crippen molar-refractivity contribution < 1.29 is 13.2 Å². The van der Waals surface area contributed by atoms with Crippen molar-refractivity contribution in [2.24, 2.45) is 0 Å². The normalized spacial score (nSPS) is 15.3. The topological polar surface area (TPSA) is 70.7 Å². The lowest BCUT2D eigenvalue weighted by Gasteiger charge is -2.26. The number of morpholine rings is 1. The number of hydrogen-bond donors (Lipinski definition) is 2. The molecule has 27 heavy (non-hydrogen) atoms. The Balaban J connectivity index is 1.71. The lowest BCUT2D eigenvalue weighted by molar-refractivity contribution is 0.0730. The standard InChI is InChI=1S/C17H17Cl2N3O3S2/c18-15-5-4-13(11-16(15)19)21-17(26)20-12-2-1-3-14(10-12)27(23,24)22-6-8-25-9-7-22/h1-5,10-11H,6-9H2,(H2,20,21,26). The zero-order valence-electron chi connectivity index (χ0n) is 14.1. The van der Waals surface area contributed by atoms with Gasteiger partial charge in [0, 0.05) is 24.5 Å². The number of hydrogen-bond acceptors (Lipinski definition) is 4. The van der Waals surface area contributed by atoms with Crippen LogP contribution in [-0.4, -0.2) is 44.1 Å². The van der Waals surface area contributed by atoms with Crippen LogP contribution in [0.2, 0.25) is 10.0 Å². The summed E-state index contributed by atoms with van der Waals surface area (Å²) in [5.41, 5.74) is 1.22. The first-order valence-corrected chi connectivity index (χ1v) is 10.7. The van der Waals surface area contributed by atoms with Crippen LogP contribution in [0.5, 0.6) is 0 Å². The molecule has 0 aromatic heterocycles. The van der Waals surface area contributed by atoms with E-state index in [0.29, 0.717) is 52.8 Å². The Kier molecular flexibility index (Phi) is 6.56. The van der Waals surface area contributed by atoms with Gasteiger partial charge in [0.15, 0.2) is 5.11 Å². The van der Waals surface area contributed by atoms with E-state index in [9.17, 15) is 8.42 Å². The third kappa shape index (κ3) is 5.10. The Labute approximate surface area is 173 Å². The van der Waals surface area contributed by atoms with Crippen LogP contribution in [0, 0.1) is 0 Å². The van der Waals surface area contributed by atoms with Crippen molar-refractivity contribution in [3.8, 4) is 0 Å². The summed E-state index contributed by atoms with van der Waals surface area (Å²) in [5, 5.41) is 7.11. The van der Waals surface area contributed by atoms with Crippen molar-refractivity contribution in [2.45, 2.75) is 4.90 Å². The van der Waals surface area contributed by atoms with Crippen molar-refractivity contribution >= 4 is 61.9 Å². The van der Waals surface area contributed by atoms with Gasteiger partial charge in [0.2, 0.25) is 10.0 Å². The van der Waals surface area contributed by atoms with Gasteiger partial charge in [0.05, 0.1) is 28.2 Å². The van der Waals surface area contributed by atoms with Crippen LogP contribution in [0.25, 0.3) is 0 Å². The maximum absolute atomic E-state index is 12.8. The van der Waals surface area contributed by atoms with Crippen LogP contribution >= 0.6 is 35.4 Å². The van der Waals surface area contributed by atoms with Gasteiger partial charge in [-0.15, -0.1) is 0 Å². The summed E-state index contributed by atoms with van der Waals surface area (Å²) in [5.74, 6) is 0. The van der Waals surface area contributed by atoms with Gasteiger partial charge < -0.3 is 15.4 Å². The summed E-state index contributed by atoms with van der Waals surface area (Å²) in [6.07, 6.45) is 0. The number of rotatable bonds is 4. The SMILES string of the molecule is O=S(=O)(c1cccc(NC(=S)Nc2ccc(Cl)c(Cl)c2)c1)N1CCOCC1. The van der Waals surface area contributed by atoms with Crippen LogP contribution in [0.4, 0.5) is 11.4 Å². The van der Waals surface area contributed by atoms with Crippen LogP contribution in [0.3, 0.4) is 0 Å². The summed E-state index contributed by atoms with van der Waals surface area (Å²) in [4.78, 5) is 0.201. The average Bonchev–Trinajstić information content (AvgIpc) is 2.65. The zero-order chi connectivity index (χ0) is 19.4. The van der Waals surface area contributed by atoms with Gasteiger partial charge in [-0.1, -0.05) is 29.3 Å². The van der Waals surface area contributed by atoms with E-state index in [1.165, 1.54) is 4.31 Å². The summed E-state index contributed by atoms with van der Waals surface area (Å²) < 4.78 is 32.1. The molecule has 0 amide bonds. The van der Waals surface area contributed by atoms with Gasteiger partial charge in [-0.2, -0.15) is 4.31 Å². The van der Waals surface area contributed by atoms with E-state index in [4.69, 9.17) is 40.2 Å². The van der Waals surface area contributed by atoms with E-state index < -0.39 is 10.0 Å². The minimum absolute atomic E-state index is 0.201. The highest BCUT2D eigenvalue weighted by atomic mass is 35.5.